The lowest BCUT2D eigenvalue weighted by Crippen LogP contribution is -2.22. The molecule has 0 aliphatic rings. The minimum absolute atomic E-state index is 0.243. The van der Waals surface area contributed by atoms with Crippen LogP contribution in [0.25, 0.3) is 5.69 Å². The maximum absolute atomic E-state index is 12.8. The van der Waals surface area contributed by atoms with Crippen molar-refractivity contribution in [3.05, 3.63) is 57.8 Å². The molecular weight excluding hydrogens is 223 g/mol. The van der Waals surface area contributed by atoms with Crippen LogP contribution in [0, 0.1) is 12.7 Å². The largest absolute Gasteiger partial charge is 0.390 e. The maximum Gasteiger partial charge on any atom is 0.271 e. The number of aryl methyl sites for hydroxylation is 1. The number of aliphatic hydroxyl groups excluding tert-OH is 1. The number of rotatable bonds is 2. The van der Waals surface area contributed by atoms with Crippen LogP contribution in [-0.2, 0) is 6.61 Å². The van der Waals surface area contributed by atoms with Gasteiger partial charge in [0.25, 0.3) is 5.56 Å². The lowest BCUT2D eigenvalue weighted by atomic mass is 10.2. The second-order valence-corrected chi connectivity index (χ2v) is 3.66. The van der Waals surface area contributed by atoms with E-state index in [9.17, 15) is 9.18 Å². The van der Waals surface area contributed by atoms with Crippen LogP contribution in [0.2, 0.25) is 0 Å². The van der Waals surface area contributed by atoms with Gasteiger partial charge in [-0.25, -0.2) is 4.39 Å². The smallest absolute Gasteiger partial charge is 0.271 e. The number of benzene rings is 1. The van der Waals surface area contributed by atoms with Crippen LogP contribution < -0.4 is 5.56 Å². The summed E-state index contributed by atoms with van der Waals surface area (Å²) < 4.78 is 13.9. The van der Waals surface area contributed by atoms with Gasteiger partial charge in [-0.1, -0.05) is 0 Å². The van der Waals surface area contributed by atoms with E-state index in [1.54, 1.807) is 6.92 Å². The summed E-state index contributed by atoms with van der Waals surface area (Å²) in [5.41, 5.74) is 1.21. The molecule has 0 radical (unpaired) electrons. The molecule has 1 N–H and O–H groups in total. The lowest BCUT2D eigenvalue weighted by Gasteiger charge is -2.07. The minimum Gasteiger partial charge on any atom is -0.390 e. The summed E-state index contributed by atoms with van der Waals surface area (Å²) in [5.74, 6) is -0.378. The molecule has 0 saturated heterocycles. The van der Waals surface area contributed by atoms with Crippen molar-refractivity contribution < 1.29 is 9.50 Å². The highest BCUT2D eigenvalue weighted by atomic mass is 19.1. The molecule has 0 fully saturated rings. The highest BCUT2D eigenvalue weighted by Crippen LogP contribution is 2.07. The molecule has 1 aromatic heterocycles. The summed E-state index contributed by atoms with van der Waals surface area (Å²) in [5, 5.41) is 13.1. The zero-order chi connectivity index (χ0) is 12.4. The number of hydrogen-bond donors (Lipinski definition) is 1. The van der Waals surface area contributed by atoms with Crippen molar-refractivity contribution in [3.8, 4) is 5.69 Å². The van der Waals surface area contributed by atoms with Gasteiger partial charge in [0.2, 0.25) is 0 Å². The first-order chi connectivity index (χ1) is 8.11. The number of aliphatic hydroxyl groups is 1. The van der Waals surface area contributed by atoms with Gasteiger partial charge in [0.15, 0.2) is 0 Å². The van der Waals surface area contributed by atoms with Gasteiger partial charge >= 0.3 is 0 Å². The van der Waals surface area contributed by atoms with E-state index in [4.69, 9.17) is 5.11 Å². The van der Waals surface area contributed by atoms with Gasteiger partial charge in [-0.2, -0.15) is 9.78 Å². The first kappa shape index (κ1) is 11.5. The van der Waals surface area contributed by atoms with Crippen molar-refractivity contribution in [2.24, 2.45) is 0 Å². The second kappa shape index (κ2) is 4.47. The molecule has 0 bridgehead atoms. The van der Waals surface area contributed by atoms with Gasteiger partial charge in [0.1, 0.15) is 5.82 Å². The molecule has 1 heterocycles. The molecule has 2 aromatic rings. The highest BCUT2D eigenvalue weighted by Gasteiger charge is 2.06. The number of aromatic nitrogens is 2. The molecule has 5 heteroatoms. The summed E-state index contributed by atoms with van der Waals surface area (Å²) in [7, 11) is 0. The average Bonchev–Trinajstić information content (AvgIpc) is 2.31. The first-order valence-corrected chi connectivity index (χ1v) is 5.08. The second-order valence-electron chi connectivity index (χ2n) is 3.66. The van der Waals surface area contributed by atoms with Crippen molar-refractivity contribution in [2.45, 2.75) is 13.5 Å². The quantitative estimate of drug-likeness (QED) is 0.848. The van der Waals surface area contributed by atoms with Gasteiger partial charge in [-0.15, -0.1) is 0 Å². The number of nitrogens with zero attached hydrogens (tertiary/aromatic N) is 2. The lowest BCUT2D eigenvalue weighted by molar-refractivity contribution is 0.273. The number of hydrogen-bond acceptors (Lipinski definition) is 3. The molecule has 2 rings (SSSR count). The normalized spacial score (nSPS) is 10.5. The Labute approximate surface area is 97.0 Å². The molecule has 88 valence electrons. The Morgan fingerprint density at radius 3 is 2.59 bits per heavy atom. The van der Waals surface area contributed by atoms with Crippen LogP contribution >= 0.6 is 0 Å². The van der Waals surface area contributed by atoms with Crippen molar-refractivity contribution in [1.82, 2.24) is 9.78 Å². The van der Waals surface area contributed by atoms with Crippen LogP contribution in [0.5, 0.6) is 0 Å². The van der Waals surface area contributed by atoms with E-state index >= 15 is 0 Å². The molecular formula is C12H11FN2O2. The average molecular weight is 234 g/mol. The van der Waals surface area contributed by atoms with E-state index in [1.165, 1.54) is 30.3 Å². The first-order valence-electron chi connectivity index (χ1n) is 5.08. The zero-order valence-corrected chi connectivity index (χ0v) is 9.22. The van der Waals surface area contributed by atoms with E-state index in [0.717, 1.165) is 4.68 Å². The molecule has 0 aliphatic heterocycles. The van der Waals surface area contributed by atoms with E-state index in [0.29, 0.717) is 16.9 Å². The molecule has 0 spiro atoms. The predicted octanol–water partition coefficient (Wildman–Crippen LogP) is 1.17. The van der Waals surface area contributed by atoms with E-state index < -0.39 is 0 Å². The zero-order valence-electron chi connectivity index (χ0n) is 9.22. The van der Waals surface area contributed by atoms with Crippen LogP contribution in [0.3, 0.4) is 0 Å². The summed E-state index contributed by atoms with van der Waals surface area (Å²) in [6.07, 6.45) is 0. The third kappa shape index (κ3) is 2.24. The Morgan fingerprint density at radius 2 is 2.00 bits per heavy atom. The van der Waals surface area contributed by atoms with Gasteiger partial charge in [0.05, 0.1) is 18.0 Å². The third-order valence-corrected chi connectivity index (χ3v) is 2.45. The minimum atomic E-state index is -0.378. The van der Waals surface area contributed by atoms with Crippen LogP contribution in [0.15, 0.2) is 35.1 Å². The number of halogens is 1. The SMILES string of the molecule is Cc1cc(=O)n(-c2ccc(F)cc2)nc1CO. The monoisotopic (exact) mass is 234 g/mol. The Morgan fingerprint density at radius 1 is 1.35 bits per heavy atom. The van der Waals surface area contributed by atoms with Crippen LogP contribution in [0.4, 0.5) is 4.39 Å². The molecule has 0 unspecified atom stereocenters. The van der Waals surface area contributed by atoms with Gasteiger partial charge in [0, 0.05) is 6.07 Å². The van der Waals surface area contributed by atoms with E-state index in [-0.39, 0.29) is 18.0 Å². The third-order valence-electron chi connectivity index (χ3n) is 2.45. The van der Waals surface area contributed by atoms with Crippen LogP contribution in [0.1, 0.15) is 11.3 Å². The summed E-state index contributed by atoms with van der Waals surface area (Å²) in [6, 6.07) is 6.81. The van der Waals surface area contributed by atoms with Crippen molar-refractivity contribution in [2.75, 3.05) is 0 Å². The fourth-order valence-corrected chi connectivity index (χ4v) is 1.50. The van der Waals surface area contributed by atoms with Crippen molar-refractivity contribution >= 4 is 0 Å². The topological polar surface area (TPSA) is 55.1 Å². The molecule has 0 aliphatic carbocycles. The summed E-state index contributed by atoms with van der Waals surface area (Å²) in [6.45, 7) is 1.46. The Kier molecular flexibility index (Phi) is 3.01. The van der Waals surface area contributed by atoms with E-state index in [2.05, 4.69) is 5.10 Å². The predicted molar refractivity (Wildman–Crippen MR) is 60.5 cm³/mol. The van der Waals surface area contributed by atoms with Crippen molar-refractivity contribution in [1.29, 1.82) is 0 Å². The molecule has 0 saturated carbocycles. The fraction of sp³-hybridized carbons (Fsp3) is 0.167. The Hall–Kier alpha value is -2.01. The Bertz CT molecular complexity index is 590. The van der Waals surface area contributed by atoms with Gasteiger partial charge < -0.3 is 5.11 Å². The summed E-state index contributed by atoms with van der Waals surface area (Å²) in [4.78, 5) is 11.7. The molecule has 1 aromatic carbocycles. The van der Waals surface area contributed by atoms with Crippen LogP contribution in [-0.4, -0.2) is 14.9 Å². The Balaban J connectivity index is 2.59. The maximum atomic E-state index is 12.8. The van der Waals surface area contributed by atoms with E-state index in [1.807, 2.05) is 0 Å². The molecule has 4 nitrogen and oxygen atoms in total. The standard InChI is InChI=1S/C12H11FN2O2/c1-8-6-12(17)15(14-11(8)7-16)10-4-2-9(13)3-5-10/h2-6,16H,7H2,1H3. The highest BCUT2D eigenvalue weighted by molar-refractivity contribution is 5.31. The molecule has 0 amide bonds. The fourth-order valence-electron chi connectivity index (χ4n) is 1.50. The van der Waals surface area contributed by atoms with Gasteiger partial charge in [-0.05, 0) is 36.8 Å². The van der Waals surface area contributed by atoms with Gasteiger partial charge in [-0.3, -0.25) is 4.79 Å². The molecule has 17 heavy (non-hydrogen) atoms. The van der Waals surface area contributed by atoms with Crippen molar-refractivity contribution in [3.63, 3.8) is 0 Å². The summed E-state index contributed by atoms with van der Waals surface area (Å²) >= 11 is 0. The molecule has 0 atom stereocenters.